The van der Waals surface area contributed by atoms with Crippen molar-refractivity contribution in [3.63, 3.8) is 0 Å². The number of ketones is 1. The Hall–Kier alpha value is -1.23. The van der Waals surface area contributed by atoms with E-state index in [1.165, 1.54) is 6.07 Å². The van der Waals surface area contributed by atoms with Crippen LogP contribution in [-0.2, 0) is 11.0 Å². The van der Waals surface area contributed by atoms with Crippen molar-refractivity contribution >= 4 is 23.1 Å². The summed E-state index contributed by atoms with van der Waals surface area (Å²) in [5, 5.41) is 0.0658. The molecule has 1 unspecified atom stereocenters. The molecule has 1 heterocycles. The normalized spacial score (nSPS) is 20.8. The van der Waals surface area contributed by atoms with E-state index in [-0.39, 0.29) is 16.8 Å². The zero-order valence-corrected chi connectivity index (χ0v) is 11.1. The van der Waals surface area contributed by atoms with Gasteiger partial charge in [-0.05, 0) is 25.1 Å². The van der Waals surface area contributed by atoms with Crippen LogP contribution in [0, 0.1) is 0 Å². The second-order valence-corrected chi connectivity index (χ2v) is 5.11. The number of hydrogen-bond donors (Lipinski definition) is 0. The number of rotatable bonds is 1. The monoisotopic (exact) mass is 291 g/mol. The zero-order chi connectivity index (χ0) is 14.2. The predicted molar refractivity (Wildman–Crippen MR) is 67.5 cm³/mol. The van der Waals surface area contributed by atoms with Crippen molar-refractivity contribution in [2.24, 2.45) is 0 Å². The maximum absolute atomic E-state index is 12.6. The van der Waals surface area contributed by atoms with E-state index < -0.39 is 11.7 Å². The lowest BCUT2D eigenvalue weighted by Crippen LogP contribution is -2.41. The molecular weight excluding hydrogens is 279 g/mol. The van der Waals surface area contributed by atoms with Crippen molar-refractivity contribution in [1.29, 1.82) is 0 Å². The first-order valence-corrected chi connectivity index (χ1v) is 6.32. The van der Waals surface area contributed by atoms with Gasteiger partial charge in [0.1, 0.15) is 5.78 Å². The Morgan fingerprint density at radius 2 is 2.05 bits per heavy atom. The Labute approximate surface area is 114 Å². The fourth-order valence-electron chi connectivity index (χ4n) is 2.28. The van der Waals surface area contributed by atoms with E-state index in [0.29, 0.717) is 25.1 Å². The number of carbonyl (C=O) groups is 1. The van der Waals surface area contributed by atoms with Crippen molar-refractivity contribution in [3.8, 4) is 0 Å². The molecule has 104 valence electrons. The summed E-state index contributed by atoms with van der Waals surface area (Å²) < 4.78 is 37.7. The van der Waals surface area contributed by atoms with Gasteiger partial charge >= 0.3 is 6.18 Å². The number of piperidine rings is 1. The number of benzene rings is 1. The fraction of sp³-hybridized carbons (Fsp3) is 0.462. The number of halogens is 4. The summed E-state index contributed by atoms with van der Waals surface area (Å²) in [5.41, 5.74) is -0.211. The van der Waals surface area contributed by atoms with E-state index in [2.05, 4.69) is 0 Å². The van der Waals surface area contributed by atoms with Gasteiger partial charge in [-0.15, -0.1) is 0 Å². The number of hydrogen-bond acceptors (Lipinski definition) is 2. The summed E-state index contributed by atoms with van der Waals surface area (Å²) in [6.07, 6.45) is -3.59. The molecule has 0 amide bonds. The molecule has 0 aromatic heterocycles. The molecule has 0 saturated carbocycles. The van der Waals surface area contributed by atoms with Crippen molar-refractivity contribution in [2.75, 3.05) is 11.4 Å². The van der Waals surface area contributed by atoms with Crippen LogP contribution >= 0.6 is 11.6 Å². The molecule has 0 N–H and O–H groups in total. The van der Waals surface area contributed by atoms with Gasteiger partial charge in [-0.2, -0.15) is 13.2 Å². The predicted octanol–water partition coefficient (Wildman–Crippen LogP) is 3.92. The van der Waals surface area contributed by atoms with Crippen LogP contribution in [0.5, 0.6) is 0 Å². The van der Waals surface area contributed by atoms with Crippen LogP contribution in [0.4, 0.5) is 18.9 Å². The van der Waals surface area contributed by atoms with E-state index in [0.717, 1.165) is 12.1 Å². The van der Waals surface area contributed by atoms with Crippen molar-refractivity contribution < 1.29 is 18.0 Å². The number of anilines is 1. The SMILES string of the molecule is CC1CC(=O)CCN1c1ccc(C(F)(F)F)cc1Cl. The van der Waals surface area contributed by atoms with Crippen molar-refractivity contribution in [1.82, 2.24) is 0 Å². The molecule has 1 saturated heterocycles. The Bertz CT molecular complexity index is 501. The fourth-order valence-corrected chi connectivity index (χ4v) is 2.57. The van der Waals surface area contributed by atoms with Gasteiger partial charge in [0, 0.05) is 25.4 Å². The Morgan fingerprint density at radius 3 is 2.58 bits per heavy atom. The van der Waals surface area contributed by atoms with Gasteiger partial charge in [0.05, 0.1) is 16.3 Å². The van der Waals surface area contributed by atoms with Gasteiger partial charge in [-0.3, -0.25) is 4.79 Å². The number of Topliss-reactive ketones (excluding diaryl/α,β-unsaturated/α-hetero) is 1. The van der Waals surface area contributed by atoms with Crippen molar-refractivity contribution in [3.05, 3.63) is 28.8 Å². The summed E-state index contributed by atoms with van der Waals surface area (Å²) in [6.45, 7) is 2.36. The highest BCUT2D eigenvalue weighted by Crippen LogP contribution is 2.36. The van der Waals surface area contributed by atoms with E-state index in [1.54, 1.807) is 0 Å². The smallest absolute Gasteiger partial charge is 0.367 e. The van der Waals surface area contributed by atoms with Gasteiger partial charge in [0.25, 0.3) is 0 Å². The highest BCUT2D eigenvalue weighted by Gasteiger charge is 2.32. The molecule has 1 aromatic carbocycles. The molecule has 2 nitrogen and oxygen atoms in total. The van der Waals surface area contributed by atoms with Gasteiger partial charge < -0.3 is 4.90 Å². The van der Waals surface area contributed by atoms with Gasteiger partial charge in [0.2, 0.25) is 0 Å². The van der Waals surface area contributed by atoms with E-state index >= 15 is 0 Å². The molecule has 0 radical (unpaired) electrons. The van der Waals surface area contributed by atoms with Crippen LogP contribution in [0.15, 0.2) is 18.2 Å². The van der Waals surface area contributed by atoms with Crippen LogP contribution in [0.25, 0.3) is 0 Å². The molecule has 2 rings (SSSR count). The molecular formula is C13H13ClF3NO. The second-order valence-electron chi connectivity index (χ2n) is 4.70. The van der Waals surface area contributed by atoms with E-state index in [1.807, 2.05) is 11.8 Å². The third-order valence-electron chi connectivity index (χ3n) is 3.27. The van der Waals surface area contributed by atoms with E-state index in [4.69, 9.17) is 11.6 Å². The highest BCUT2D eigenvalue weighted by atomic mass is 35.5. The molecule has 0 spiro atoms. The Balaban J connectivity index is 2.29. The summed E-state index contributed by atoms with van der Waals surface area (Å²) in [4.78, 5) is 13.2. The molecule has 19 heavy (non-hydrogen) atoms. The first-order valence-electron chi connectivity index (χ1n) is 5.94. The summed E-state index contributed by atoms with van der Waals surface area (Å²) in [5.74, 6) is 0.173. The minimum atomic E-state index is -4.40. The van der Waals surface area contributed by atoms with Crippen molar-refractivity contribution in [2.45, 2.75) is 32.0 Å². The van der Waals surface area contributed by atoms with Crippen LogP contribution in [-0.4, -0.2) is 18.4 Å². The van der Waals surface area contributed by atoms with E-state index in [9.17, 15) is 18.0 Å². The third kappa shape index (κ3) is 3.03. The zero-order valence-electron chi connectivity index (χ0n) is 10.3. The van der Waals surface area contributed by atoms with Crippen LogP contribution < -0.4 is 4.90 Å². The largest absolute Gasteiger partial charge is 0.416 e. The summed E-state index contributed by atoms with van der Waals surface area (Å²) in [7, 11) is 0. The summed E-state index contributed by atoms with van der Waals surface area (Å²) >= 11 is 5.94. The van der Waals surface area contributed by atoms with Crippen LogP contribution in [0.3, 0.4) is 0 Å². The lowest BCUT2D eigenvalue weighted by Gasteiger charge is -2.35. The molecule has 1 aliphatic rings. The molecule has 1 aliphatic heterocycles. The highest BCUT2D eigenvalue weighted by molar-refractivity contribution is 6.33. The second kappa shape index (κ2) is 5.04. The third-order valence-corrected chi connectivity index (χ3v) is 3.57. The molecule has 0 bridgehead atoms. The number of carbonyl (C=O) groups excluding carboxylic acids is 1. The molecule has 0 aliphatic carbocycles. The maximum atomic E-state index is 12.6. The molecule has 6 heteroatoms. The lowest BCUT2D eigenvalue weighted by molar-refractivity contribution is -0.137. The van der Waals surface area contributed by atoms with Gasteiger partial charge in [0.15, 0.2) is 0 Å². The number of nitrogens with zero attached hydrogens (tertiary/aromatic N) is 1. The van der Waals surface area contributed by atoms with Gasteiger partial charge in [-0.25, -0.2) is 0 Å². The Kier molecular flexibility index (Phi) is 3.76. The summed E-state index contributed by atoms with van der Waals surface area (Å²) in [6, 6.07) is 3.28. The lowest BCUT2D eigenvalue weighted by atomic mass is 10.0. The van der Waals surface area contributed by atoms with Crippen LogP contribution in [0.2, 0.25) is 5.02 Å². The Morgan fingerprint density at radius 1 is 1.37 bits per heavy atom. The molecule has 1 fully saturated rings. The quantitative estimate of drug-likeness (QED) is 0.782. The standard InChI is InChI=1S/C13H13ClF3NO/c1-8-6-10(19)4-5-18(8)12-3-2-9(7-11(12)14)13(15,16)17/h2-3,7-8H,4-6H2,1H3. The van der Waals surface area contributed by atoms with Crippen LogP contribution in [0.1, 0.15) is 25.3 Å². The minimum absolute atomic E-state index is 0.0458. The van der Waals surface area contributed by atoms with Gasteiger partial charge in [-0.1, -0.05) is 11.6 Å². The average Bonchev–Trinajstić information content (AvgIpc) is 2.28. The topological polar surface area (TPSA) is 20.3 Å². The molecule has 1 atom stereocenters. The minimum Gasteiger partial charge on any atom is -0.367 e. The first-order chi connectivity index (χ1) is 8.79. The maximum Gasteiger partial charge on any atom is 0.416 e. The molecule has 1 aromatic rings. The first kappa shape index (κ1) is 14.2. The number of alkyl halides is 3. The average molecular weight is 292 g/mol.